The van der Waals surface area contributed by atoms with Gasteiger partial charge in [-0.1, -0.05) is 12.1 Å². The summed E-state index contributed by atoms with van der Waals surface area (Å²) in [5.74, 6) is 0.195. The number of para-hydroxylation sites is 1. The van der Waals surface area contributed by atoms with E-state index in [1.807, 2.05) is 6.07 Å². The SMILES string of the molecule is COc1cc(/C=N\NC(=O)c2ccc(Nc3nc4ccccc4c(=O)[nH]3)cc2)cc(OC)c1O. The molecule has 10 nitrogen and oxygen atoms in total. The van der Waals surface area contributed by atoms with E-state index in [9.17, 15) is 14.7 Å². The van der Waals surface area contributed by atoms with Crippen LogP contribution in [0.2, 0.25) is 0 Å². The fraction of sp³-hybridized carbons (Fsp3) is 0.0833. The minimum Gasteiger partial charge on any atom is -0.502 e. The number of phenols is 1. The number of aromatic nitrogens is 2. The smallest absolute Gasteiger partial charge is 0.271 e. The molecule has 0 bridgehead atoms. The number of phenolic OH excluding ortho intramolecular Hbond substituents is 1. The normalized spacial score (nSPS) is 10.9. The average molecular weight is 459 g/mol. The number of hydrogen-bond acceptors (Lipinski definition) is 8. The number of hydrazone groups is 1. The molecule has 3 aromatic carbocycles. The van der Waals surface area contributed by atoms with Gasteiger partial charge in [0.2, 0.25) is 11.7 Å². The van der Waals surface area contributed by atoms with Gasteiger partial charge in [0.25, 0.3) is 11.5 Å². The molecule has 1 amide bonds. The number of rotatable bonds is 7. The molecule has 10 heteroatoms. The number of methoxy groups -OCH3 is 2. The van der Waals surface area contributed by atoms with Crippen LogP contribution in [0.5, 0.6) is 17.2 Å². The first-order chi connectivity index (χ1) is 16.5. The van der Waals surface area contributed by atoms with Gasteiger partial charge in [0.1, 0.15) is 0 Å². The quantitative estimate of drug-likeness (QED) is 0.246. The Hall–Kier alpha value is -4.86. The summed E-state index contributed by atoms with van der Waals surface area (Å²) in [6.45, 7) is 0. The third kappa shape index (κ3) is 4.80. The van der Waals surface area contributed by atoms with Crippen molar-refractivity contribution >= 4 is 34.7 Å². The van der Waals surface area contributed by atoms with Gasteiger partial charge in [-0.15, -0.1) is 0 Å². The van der Waals surface area contributed by atoms with E-state index in [1.165, 1.54) is 20.4 Å². The van der Waals surface area contributed by atoms with E-state index in [0.29, 0.717) is 33.7 Å². The van der Waals surface area contributed by atoms with Crippen LogP contribution in [0.15, 0.2) is 70.6 Å². The summed E-state index contributed by atoms with van der Waals surface area (Å²) in [5.41, 5.74) is 4.35. The molecule has 34 heavy (non-hydrogen) atoms. The Morgan fingerprint density at radius 2 is 1.74 bits per heavy atom. The lowest BCUT2D eigenvalue weighted by atomic mass is 10.2. The molecular weight excluding hydrogens is 438 g/mol. The van der Waals surface area contributed by atoms with Crippen LogP contribution in [0.3, 0.4) is 0 Å². The van der Waals surface area contributed by atoms with Crippen molar-refractivity contribution in [3.63, 3.8) is 0 Å². The van der Waals surface area contributed by atoms with Crippen molar-refractivity contribution in [3.05, 3.63) is 82.1 Å². The Morgan fingerprint density at radius 1 is 1.06 bits per heavy atom. The van der Waals surface area contributed by atoms with Crippen molar-refractivity contribution in [1.29, 1.82) is 0 Å². The first-order valence-corrected chi connectivity index (χ1v) is 10.1. The Kier molecular flexibility index (Phi) is 6.40. The minimum atomic E-state index is -0.419. The van der Waals surface area contributed by atoms with Gasteiger partial charge in [-0.05, 0) is 48.5 Å². The lowest BCUT2D eigenvalue weighted by Gasteiger charge is -2.09. The third-order valence-corrected chi connectivity index (χ3v) is 4.90. The zero-order valence-electron chi connectivity index (χ0n) is 18.3. The number of hydrogen-bond donors (Lipinski definition) is 4. The molecule has 0 aliphatic rings. The van der Waals surface area contributed by atoms with E-state index in [4.69, 9.17) is 9.47 Å². The zero-order valence-corrected chi connectivity index (χ0v) is 18.3. The number of aromatic hydroxyl groups is 1. The van der Waals surface area contributed by atoms with Gasteiger partial charge in [-0.25, -0.2) is 10.4 Å². The monoisotopic (exact) mass is 459 g/mol. The average Bonchev–Trinajstić information content (AvgIpc) is 2.85. The second-order valence-corrected chi connectivity index (χ2v) is 7.11. The number of nitrogens with one attached hydrogen (secondary N) is 3. The number of aromatic amines is 1. The van der Waals surface area contributed by atoms with Gasteiger partial charge in [0, 0.05) is 16.8 Å². The van der Waals surface area contributed by atoms with E-state index in [2.05, 4.69) is 25.8 Å². The van der Waals surface area contributed by atoms with E-state index in [1.54, 1.807) is 54.6 Å². The highest BCUT2D eigenvalue weighted by Crippen LogP contribution is 2.36. The Balaban J connectivity index is 1.42. The summed E-state index contributed by atoms with van der Waals surface area (Å²) in [4.78, 5) is 31.7. The van der Waals surface area contributed by atoms with Crippen LogP contribution < -0.4 is 25.8 Å². The van der Waals surface area contributed by atoms with Crippen LogP contribution in [0.1, 0.15) is 15.9 Å². The molecule has 0 spiro atoms. The zero-order chi connectivity index (χ0) is 24.1. The molecule has 1 aromatic heterocycles. The highest BCUT2D eigenvalue weighted by Gasteiger charge is 2.11. The topological polar surface area (TPSA) is 138 Å². The molecule has 0 atom stereocenters. The molecule has 0 saturated carbocycles. The summed E-state index contributed by atoms with van der Waals surface area (Å²) < 4.78 is 10.2. The summed E-state index contributed by atoms with van der Waals surface area (Å²) >= 11 is 0. The first-order valence-electron chi connectivity index (χ1n) is 10.1. The molecule has 4 N–H and O–H groups in total. The second kappa shape index (κ2) is 9.74. The molecule has 0 radical (unpaired) electrons. The van der Waals surface area contributed by atoms with Crippen LogP contribution in [0.25, 0.3) is 10.9 Å². The summed E-state index contributed by atoms with van der Waals surface area (Å²) in [6, 6.07) is 16.7. The van der Waals surface area contributed by atoms with E-state index >= 15 is 0 Å². The minimum absolute atomic E-state index is 0.122. The van der Waals surface area contributed by atoms with Crippen LogP contribution in [0, 0.1) is 0 Å². The molecule has 4 aromatic rings. The number of nitrogens with zero attached hydrogens (tertiary/aromatic N) is 2. The van der Waals surface area contributed by atoms with Gasteiger partial charge in [0.05, 0.1) is 31.3 Å². The van der Waals surface area contributed by atoms with E-state index in [-0.39, 0.29) is 22.8 Å². The predicted molar refractivity (Wildman–Crippen MR) is 128 cm³/mol. The fourth-order valence-electron chi connectivity index (χ4n) is 3.21. The van der Waals surface area contributed by atoms with Crippen molar-refractivity contribution < 1.29 is 19.4 Å². The van der Waals surface area contributed by atoms with Crippen molar-refractivity contribution in [3.8, 4) is 17.2 Å². The summed E-state index contributed by atoms with van der Waals surface area (Å²) in [7, 11) is 2.84. The van der Waals surface area contributed by atoms with Crippen LogP contribution in [-0.2, 0) is 0 Å². The Bertz CT molecular complexity index is 1410. The third-order valence-electron chi connectivity index (χ3n) is 4.90. The van der Waals surface area contributed by atoms with Gasteiger partial charge >= 0.3 is 0 Å². The number of ether oxygens (including phenoxy) is 2. The number of fused-ring (bicyclic) bond motifs is 1. The lowest BCUT2D eigenvalue weighted by molar-refractivity contribution is 0.0955. The maximum atomic E-state index is 12.4. The molecule has 1 heterocycles. The molecule has 0 saturated heterocycles. The van der Waals surface area contributed by atoms with Crippen LogP contribution in [0.4, 0.5) is 11.6 Å². The van der Waals surface area contributed by atoms with E-state index < -0.39 is 5.91 Å². The second-order valence-electron chi connectivity index (χ2n) is 7.11. The number of carbonyl (C=O) groups is 1. The maximum absolute atomic E-state index is 12.4. The van der Waals surface area contributed by atoms with Crippen LogP contribution >= 0.6 is 0 Å². The maximum Gasteiger partial charge on any atom is 0.271 e. The van der Waals surface area contributed by atoms with Crippen molar-refractivity contribution in [1.82, 2.24) is 15.4 Å². The summed E-state index contributed by atoms with van der Waals surface area (Å²) in [5, 5.41) is 17.4. The fourth-order valence-corrected chi connectivity index (χ4v) is 3.21. The number of benzene rings is 3. The number of carbonyl (C=O) groups excluding carboxylic acids is 1. The largest absolute Gasteiger partial charge is 0.502 e. The number of amides is 1. The van der Waals surface area contributed by atoms with Gasteiger partial charge in [0.15, 0.2) is 11.5 Å². The van der Waals surface area contributed by atoms with Gasteiger partial charge in [-0.3, -0.25) is 14.6 Å². The molecule has 0 aliphatic carbocycles. The highest BCUT2D eigenvalue weighted by molar-refractivity contribution is 5.95. The lowest BCUT2D eigenvalue weighted by Crippen LogP contribution is -2.17. The predicted octanol–water partition coefficient (Wildman–Crippen LogP) is 3.15. The molecule has 0 unspecified atom stereocenters. The molecule has 172 valence electrons. The van der Waals surface area contributed by atoms with Gasteiger partial charge < -0.3 is 19.9 Å². The molecule has 0 aliphatic heterocycles. The van der Waals surface area contributed by atoms with Crippen molar-refractivity contribution in [2.24, 2.45) is 5.10 Å². The summed E-state index contributed by atoms with van der Waals surface area (Å²) in [6.07, 6.45) is 1.40. The Labute approximate surface area is 193 Å². The highest BCUT2D eigenvalue weighted by atomic mass is 16.5. The van der Waals surface area contributed by atoms with Crippen molar-refractivity contribution in [2.45, 2.75) is 0 Å². The van der Waals surface area contributed by atoms with Crippen molar-refractivity contribution in [2.75, 3.05) is 19.5 Å². The van der Waals surface area contributed by atoms with E-state index in [0.717, 1.165) is 0 Å². The molecular formula is C24H21N5O5. The standard InChI is InChI=1S/C24H21N5O5/c1-33-19-11-14(12-20(34-2)21(19)30)13-25-29-22(31)15-7-9-16(10-8-15)26-24-27-18-6-4-3-5-17(18)23(32)28-24/h3-13,30H,1-2H3,(H,29,31)(H2,26,27,28,32)/b25-13-. The number of H-pyrrole nitrogens is 1. The Morgan fingerprint density at radius 3 is 2.41 bits per heavy atom. The molecule has 0 fully saturated rings. The van der Waals surface area contributed by atoms with Gasteiger partial charge in [-0.2, -0.15) is 5.10 Å². The van der Waals surface area contributed by atoms with Crippen LogP contribution in [-0.4, -0.2) is 41.4 Å². The first kappa shape index (κ1) is 22.3. The molecule has 4 rings (SSSR count). The number of anilines is 2.